The molecule has 1 aromatic carbocycles. The molecule has 0 unspecified atom stereocenters. The fourth-order valence-corrected chi connectivity index (χ4v) is 2.62. The smallest absolute Gasteiger partial charge is 0.217 e. The second-order valence-corrected chi connectivity index (χ2v) is 5.57. The number of H-pyrrole nitrogens is 1. The predicted octanol–water partition coefficient (Wildman–Crippen LogP) is 2.46. The molecule has 0 bridgehead atoms. The molecule has 0 aliphatic carbocycles. The fraction of sp³-hybridized carbons (Fsp3) is 0.467. The number of aromatic nitrogens is 3. The summed E-state index contributed by atoms with van der Waals surface area (Å²) in [7, 11) is 0. The van der Waals surface area contributed by atoms with Crippen molar-refractivity contribution >= 4 is 12.2 Å². The van der Waals surface area contributed by atoms with E-state index in [1.165, 1.54) is 5.56 Å². The molecule has 1 aliphatic heterocycles. The summed E-state index contributed by atoms with van der Waals surface area (Å²) in [5.41, 5.74) is 2.39. The molecule has 1 N–H and O–H groups in total. The van der Waals surface area contributed by atoms with Crippen LogP contribution in [0.2, 0.25) is 0 Å². The molecule has 1 fully saturated rings. The Balaban J connectivity index is 1.78. The average Bonchev–Trinajstić information content (AvgIpc) is 2.89. The largest absolute Gasteiger partial charge is 0.379 e. The first-order chi connectivity index (χ1) is 10.3. The van der Waals surface area contributed by atoms with Crippen LogP contribution in [0.4, 0.5) is 0 Å². The number of morpholine rings is 1. The van der Waals surface area contributed by atoms with Gasteiger partial charge in [0, 0.05) is 18.7 Å². The second-order valence-electron chi connectivity index (χ2n) is 5.21. The highest BCUT2D eigenvalue weighted by molar-refractivity contribution is 7.71. The highest BCUT2D eigenvalue weighted by Crippen LogP contribution is 2.16. The maximum Gasteiger partial charge on any atom is 0.217 e. The lowest BCUT2D eigenvalue weighted by atomic mass is 10.1. The van der Waals surface area contributed by atoms with Crippen LogP contribution in [0.1, 0.15) is 12.5 Å². The van der Waals surface area contributed by atoms with E-state index >= 15 is 0 Å². The lowest BCUT2D eigenvalue weighted by Gasteiger charge is -2.26. The Bertz CT molecular complexity index is 640. The first-order valence-corrected chi connectivity index (χ1v) is 7.73. The number of rotatable bonds is 4. The monoisotopic (exact) mass is 304 g/mol. The van der Waals surface area contributed by atoms with Gasteiger partial charge in [0.05, 0.1) is 19.9 Å². The number of nitrogens with one attached hydrogen (secondary N) is 1. The van der Waals surface area contributed by atoms with Gasteiger partial charge in [-0.15, -0.1) is 0 Å². The third-order valence-corrected chi connectivity index (χ3v) is 4.07. The highest BCUT2D eigenvalue weighted by atomic mass is 32.1. The highest BCUT2D eigenvalue weighted by Gasteiger charge is 2.12. The van der Waals surface area contributed by atoms with E-state index in [1.54, 1.807) is 0 Å². The van der Waals surface area contributed by atoms with Gasteiger partial charge in [-0.3, -0.25) is 10.00 Å². The molecule has 0 spiro atoms. The van der Waals surface area contributed by atoms with E-state index in [2.05, 4.69) is 46.2 Å². The zero-order valence-electron chi connectivity index (χ0n) is 12.2. The minimum atomic E-state index is 0.594. The molecule has 5 nitrogen and oxygen atoms in total. The summed E-state index contributed by atoms with van der Waals surface area (Å²) < 4.78 is 7.88. The molecule has 0 radical (unpaired) electrons. The van der Waals surface area contributed by atoms with Gasteiger partial charge >= 0.3 is 0 Å². The Labute approximate surface area is 129 Å². The summed E-state index contributed by atoms with van der Waals surface area (Å²) in [6, 6.07) is 8.44. The molecule has 2 aromatic rings. The molecular weight excluding hydrogens is 284 g/mol. The van der Waals surface area contributed by atoms with Crippen LogP contribution in [0, 0.1) is 4.77 Å². The minimum absolute atomic E-state index is 0.594. The Kier molecular flexibility index (Phi) is 4.48. The molecule has 6 heteroatoms. The van der Waals surface area contributed by atoms with Gasteiger partial charge in [-0.25, -0.2) is 4.68 Å². The molecule has 1 aliphatic rings. The number of aryl methyl sites for hydroxylation is 1. The Hall–Kier alpha value is -1.50. The van der Waals surface area contributed by atoms with Crippen molar-refractivity contribution < 1.29 is 4.74 Å². The van der Waals surface area contributed by atoms with E-state index in [1.807, 2.05) is 4.68 Å². The minimum Gasteiger partial charge on any atom is -0.379 e. The number of aromatic amines is 1. The second kappa shape index (κ2) is 6.51. The molecule has 3 rings (SSSR count). The van der Waals surface area contributed by atoms with Crippen molar-refractivity contribution in [1.29, 1.82) is 0 Å². The average molecular weight is 304 g/mol. The summed E-state index contributed by atoms with van der Waals surface area (Å²) in [6.45, 7) is 6.32. The van der Waals surface area contributed by atoms with Crippen LogP contribution in [0.15, 0.2) is 24.3 Å². The lowest BCUT2D eigenvalue weighted by molar-refractivity contribution is 0.0210. The summed E-state index contributed by atoms with van der Waals surface area (Å²) in [5.74, 6) is 0.830. The van der Waals surface area contributed by atoms with Gasteiger partial charge in [0.15, 0.2) is 5.82 Å². The van der Waals surface area contributed by atoms with Crippen molar-refractivity contribution in [3.8, 4) is 11.4 Å². The van der Waals surface area contributed by atoms with Crippen LogP contribution >= 0.6 is 12.2 Å². The van der Waals surface area contributed by atoms with Crippen LogP contribution in [0.3, 0.4) is 0 Å². The zero-order chi connectivity index (χ0) is 14.7. The van der Waals surface area contributed by atoms with Crippen molar-refractivity contribution in [3.05, 3.63) is 34.6 Å². The number of hydrogen-bond donors (Lipinski definition) is 1. The summed E-state index contributed by atoms with van der Waals surface area (Å²) >= 11 is 5.35. The topological polar surface area (TPSA) is 46.1 Å². The summed E-state index contributed by atoms with van der Waals surface area (Å²) in [6.07, 6.45) is 1.04. The first-order valence-electron chi connectivity index (χ1n) is 7.32. The number of hydrogen-bond acceptors (Lipinski definition) is 4. The molecule has 21 heavy (non-hydrogen) atoms. The first kappa shape index (κ1) is 14.4. The van der Waals surface area contributed by atoms with Gasteiger partial charge in [0.2, 0.25) is 4.77 Å². The summed E-state index contributed by atoms with van der Waals surface area (Å²) in [5, 5.41) is 3.30. The van der Waals surface area contributed by atoms with E-state index in [-0.39, 0.29) is 0 Å². The predicted molar refractivity (Wildman–Crippen MR) is 84.6 cm³/mol. The van der Waals surface area contributed by atoms with Crippen molar-refractivity contribution in [2.45, 2.75) is 20.0 Å². The third kappa shape index (κ3) is 3.40. The number of ether oxygens (including phenoxy) is 1. The van der Waals surface area contributed by atoms with Crippen LogP contribution in [0.25, 0.3) is 11.4 Å². The number of benzene rings is 1. The SMILES string of the molecule is CCc1ccc(-c2nc(=S)n(CN3CCOCC3)[nH]2)cc1. The van der Waals surface area contributed by atoms with E-state index in [4.69, 9.17) is 17.0 Å². The van der Waals surface area contributed by atoms with E-state index < -0.39 is 0 Å². The zero-order valence-corrected chi connectivity index (χ0v) is 13.0. The van der Waals surface area contributed by atoms with Gasteiger partial charge in [0.25, 0.3) is 0 Å². The van der Waals surface area contributed by atoms with Gasteiger partial charge in [-0.2, -0.15) is 4.98 Å². The summed E-state index contributed by atoms with van der Waals surface area (Å²) in [4.78, 5) is 6.77. The normalized spacial score (nSPS) is 16.2. The molecule has 1 aromatic heterocycles. The van der Waals surface area contributed by atoms with Crippen molar-refractivity contribution in [2.75, 3.05) is 26.3 Å². The molecule has 112 valence electrons. The van der Waals surface area contributed by atoms with Gasteiger partial charge < -0.3 is 4.74 Å². The van der Waals surface area contributed by atoms with Crippen LogP contribution in [-0.2, 0) is 17.8 Å². The molecule has 1 saturated heterocycles. The van der Waals surface area contributed by atoms with Gasteiger partial charge in [-0.1, -0.05) is 31.2 Å². The Morgan fingerprint density at radius 1 is 1.24 bits per heavy atom. The Morgan fingerprint density at radius 2 is 1.95 bits per heavy atom. The van der Waals surface area contributed by atoms with Crippen LogP contribution in [-0.4, -0.2) is 46.0 Å². The lowest BCUT2D eigenvalue weighted by Crippen LogP contribution is -2.37. The van der Waals surface area contributed by atoms with Crippen LogP contribution in [0.5, 0.6) is 0 Å². The maximum absolute atomic E-state index is 5.36. The quantitative estimate of drug-likeness (QED) is 0.882. The van der Waals surface area contributed by atoms with Gasteiger partial charge in [0.1, 0.15) is 0 Å². The van der Waals surface area contributed by atoms with Crippen molar-refractivity contribution in [1.82, 2.24) is 19.7 Å². The molecule has 0 amide bonds. The third-order valence-electron chi connectivity index (χ3n) is 3.76. The van der Waals surface area contributed by atoms with E-state index in [0.29, 0.717) is 4.77 Å². The molecule has 0 atom stereocenters. The Morgan fingerprint density at radius 3 is 2.62 bits per heavy atom. The molecular formula is C15H20N4OS. The fourth-order valence-electron chi connectivity index (χ4n) is 2.42. The van der Waals surface area contributed by atoms with Crippen molar-refractivity contribution in [3.63, 3.8) is 0 Å². The van der Waals surface area contributed by atoms with Gasteiger partial charge in [-0.05, 0) is 24.2 Å². The molecule has 2 heterocycles. The van der Waals surface area contributed by atoms with E-state index in [9.17, 15) is 0 Å². The maximum atomic E-state index is 5.36. The van der Waals surface area contributed by atoms with Crippen molar-refractivity contribution in [2.24, 2.45) is 0 Å². The standard InChI is InChI=1S/C15H20N4OS/c1-2-12-3-5-13(6-4-12)14-16-15(21)19(17-14)11-18-7-9-20-10-8-18/h3-6H,2,7-11H2,1H3,(H,16,17,21). The number of nitrogens with zero attached hydrogens (tertiary/aromatic N) is 3. The van der Waals surface area contributed by atoms with E-state index in [0.717, 1.165) is 50.8 Å². The van der Waals surface area contributed by atoms with Crippen LogP contribution < -0.4 is 0 Å². The molecule has 0 saturated carbocycles.